The Labute approximate surface area is 124 Å². The Hall–Kier alpha value is -2.17. The third-order valence-corrected chi connectivity index (χ3v) is 3.12. The zero-order valence-electron chi connectivity index (χ0n) is 12.6. The fraction of sp³-hybridized carbons (Fsp3) is 0.438. The number of hydrogen-bond donors (Lipinski definition) is 2. The van der Waals surface area contributed by atoms with Crippen LogP contribution in [0.25, 0.3) is 0 Å². The molecule has 5 heteroatoms. The van der Waals surface area contributed by atoms with E-state index in [4.69, 9.17) is 5.11 Å². The first kappa shape index (κ1) is 16.9. The van der Waals surface area contributed by atoms with E-state index in [0.29, 0.717) is 5.56 Å². The largest absolute Gasteiger partial charge is 0.480 e. The maximum absolute atomic E-state index is 12.1. The second kappa shape index (κ2) is 7.02. The summed E-state index contributed by atoms with van der Waals surface area (Å²) in [6.45, 7) is 5.04. The standard InChI is InChI=1S/C16H21NO4/c1-11(15(20)21)17-14(19)10-16(2,3)9-13(18)12-7-5-4-6-8-12/h4-8,11H,9-10H2,1-3H3,(H,17,19)(H,20,21)/t11-/m1/s1. The molecule has 0 aliphatic rings. The van der Waals surface area contributed by atoms with Crippen molar-refractivity contribution in [3.05, 3.63) is 35.9 Å². The summed E-state index contributed by atoms with van der Waals surface area (Å²) in [6, 6.07) is 7.97. The molecular formula is C16H21NO4. The highest BCUT2D eigenvalue weighted by Gasteiger charge is 2.27. The molecule has 0 spiro atoms. The van der Waals surface area contributed by atoms with Crippen LogP contribution in [0.4, 0.5) is 0 Å². The second-order valence-corrected chi connectivity index (χ2v) is 5.93. The van der Waals surface area contributed by atoms with Crippen molar-refractivity contribution < 1.29 is 19.5 Å². The van der Waals surface area contributed by atoms with Crippen molar-refractivity contribution in [1.82, 2.24) is 5.32 Å². The van der Waals surface area contributed by atoms with Gasteiger partial charge in [-0.1, -0.05) is 44.2 Å². The number of carbonyl (C=O) groups is 3. The number of Topliss-reactive ketones (excluding diaryl/α,β-unsaturated/α-hetero) is 1. The van der Waals surface area contributed by atoms with Crippen LogP contribution in [0.1, 0.15) is 44.0 Å². The topological polar surface area (TPSA) is 83.5 Å². The SMILES string of the molecule is C[C@@H](NC(=O)CC(C)(C)CC(=O)c1ccccc1)C(=O)O. The molecule has 0 fully saturated rings. The number of amides is 1. The quantitative estimate of drug-likeness (QED) is 0.755. The van der Waals surface area contributed by atoms with Gasteiger partial charge in [0, 0.05) is 18.4 Å². The molecule has 21 heavy (non-hydrogen) atoms. The molecular weight excluding hydrogens is 270 g/mol. The zero-order chi connectivity index (χ0) is 16.0. The Bertz CT molecular complexity index is 522. The van der Waals surface area contributed by atoms with Crippen LogP contribution in [0.3, 0.4) is 0 Å². The van der Waals surface area contributed by atoms with Crippen molar-refractivity contribution in [2.75, 3.05) is 0 Å². The summed E-state index contributed by atoms with van der Waals surface area (Å²) in [6.07, 6.45) is 0.328. The first-order valence-corrected chi connectivity index (χ1v) is 6.82. The number of carboxylic acids is 1. The van der Waals surface area contributed by atoms with Crippen LogP contribution in [-0.4, -0.2) is 28.8 Å². The smallest absolute Gasteiger partial charge is 0.325 e. The molecule has 2 N–H and O–H groups in total. The summed E-state index contributed by atoms with van der Waals surface area (Å²) in [7, 11) is 0. The molecule has 1 aromatic rings. The van der Waals surface area contributed by atoms with E-state index in [1.54, 1.807) is 24.3 Å². The number of rotatable bonds is 7. The lowest BCUT2D eigenvalue weighted by molar-refractivity contribution is -0.141. The lowest BCUT2D eigenvalue weighted by atomic mass is 9.82. The molecule has 0 heterocycles. The Morgan fingerprint density at radius 3 is 2.24 bits per heavy atom. The van der Waals surface area contributed by atoms with Gasteiger partial charge >= 0.3 is 5.97 Å². The van der Waals surface area contributed by atoms with Gasteiger partial charge in [-0.05, 0) is 12.3 Å². The number of carboxylic acid groups (broad SMARTS) is 1. The Kier molecular flexibility index (Phi) is 5.64. The maximum atomic E-state index is 12.1. The summed E-state index contributed by atoms with van der Waals surface area (Å²) in [5, 5.41) is 11.2. The average Bonchev–Trinajstić information content (AvgIpc) is 2.38. The fourth-order valence-electron chi connectivity index (χ4n) is 2.01. The molecule has 0 saturated heterocycles. The van der Waals surface area contributed by atoms with Gasteiger partial charge in [-0.25, -0.2) is 0 Å². The van der Waals surface area contributed by atoms with Crippen LogP contribution in [0.5, 0.6) is 0 Å². The number of hydrogen-bond acceptors (Lipinski definition) is 3. The molecule has 1 aromatic carbocycles. The Morgan fingerprint density at radius 2 is 1.71 bits per heavy atom. The van der Waals surface area contributed by atoms with Crippen LogP contribution in [0, 0.1) is 5.41 Å². The van der Waals surface area contributed by atoms with E-state index >= 15 is 0 Å². The third-order valence-electron chi connectivity index (χ3n) is 3.12. The normalized spacial score (nSPS) is 12.5. The molecule has 0 bridgehead atoms. The first-order chi connectivity index (χ1) is 9.71. The number of carbonyl (C=O) groups excluding carboxylic acids is 2. The van der Waals surface area contributed by atoms with Gasteiger partial charge in [0.1, 0.15) is 6.04 Å². The van der Waals surface area contributed by atoms with Crippen molar-refractivity contribution in [3.63, 3.8) is 0 Å². The zero-order valence-corrected chi connectivity index (χ0v) is 12.6. The van der Waals surface area contributed by atoms with Crippen molar-refractivity contribution in [3.8, 4) is 0 Å². The van der Waals surface area contributed by atoms with Gasteiger partial charge in [0.05, 0.1) is 0 Å². The third kappa shape index (κ3) is 5.77. The highest BCUT2D eigenvalue weighted by Crippen LogP contribution is 2.27. The first-order valence-electron chi connectivity index (χ1n) is 6.82. The number of aliphatic carboxylic acids is 1. The van der Waals surface area contributed by atoms with Crippen molar-refractivity contribution in [1.29, 1.82) is 0 Å². The molecule has 0 saturated carbocycles. The molecule has 114 valence electrons. The number of ketones is 1. The molecule has 0 unspecified atom stereocenters. The summed E-state index contributed by atoms with van der Waals surface area (Å²) >= 11 is 0. The highest BCUT2D eigenvalue weighted by molar-refractivity contribution is 5.96. The fourth-order valence-corrected chi connectivity index (χ4v) is 2.01. The van der Waals surface area contributed by atoms with Crippen LogP contribution >= 0.6 is 0 Å². The molecule has 1 amide bonds. The Morgan fingerprint density at radius 1 is 1.14 bits per heavy atom. The lowest BCUT2D eigenvalue weighted by Gasteiger charge is -2.23. The van der Waals surface area contributed by atoms with Gasteiger partial charge < -0.3 is 10.4 Å². The van der Waals surface area contributed by atoms with Crippen LogP contribution in [0.15, 0.2) is 30.3 Å². The van der Waals surface area contributed by atoms with E-state index in [1.165, 1.54) is 6.92 Å². The Balaban J connectivity index is 2.59. The van der Waals surface area contributed by atoms with E-state index in [9.17, 15) is 14.4 Å². The van der Waals surface area contributed by atoms with Gasteiger partial charge in [0.2, 0.25) is 5.91 Å². The molecule has 1 rings (SSSR count). The summed E-state index contributed by atoms with van der Waals surface area (Å²) in [5.41, 5.74) is 0.0831. The van der Waals surface area contributed by atoms with Gasteiger partial charge in [-0.2, -0.15) is 0 Å². The molecule has 5 nitrogen and oxygen atoms in total. The molecule has 1 atom stereocenters. The van der Waals surface area contributed by atoms with E-state index < -0.39 is 17.4 Å². The minimum absolute atomic E-state index is 0.0281. The second-order valence-electron chi connectivity index (χ2n) is 5.93. The minimum atomic E-state index is -1.08. The predicted octanol–water partition coefficient (Wildman–Crippen LogP) is 2.27. The van der Waals surface area contributed by atoms with Crippen LogP contribution in [-0.2, 0) is 9.59 Å². The van der Waals surface area contributed by atoms with Gasteiger partial charge in [0.15, 0.2) is 5.78 Å². The van der Waals surface area contributed by atoms with E-state index in [0.717, 1.165) is 0 Å². The van der Waals surface area contributed by atoms with Crippen LogP contribution < -0.4 is 5.32 Å². The van der Waals surface area contributed by atoms with E-state index in [1.807, 2.05) is 19.9 Å². The van der Waals surface area contributed by atoms with E-state index in [-0.39, 0.29) is 24.5 Å². The van der Waals surface area contributed by atoms with Crippen LogP contribution in [0.2, 0.25) is 0 Å². The monoisotopic (exact) mass is 291 g/mol. The van der Waals surface area contributed by atoms with Gasteiger partial charge in [-0.15, -0.1) is 0 Å². The highest BCUT2D eigenvalue weighted by atomic mass is 16.4. The van der Waals surface area contributed by atoms with Crippen molar-refractivity contribution >= 4 is 17.7 Å². The predicted molar refractivity (Wildman–Crippen MR) is 79.0 cm³/mol. The number of benzene rings is 1. The minimum Gasteiger partial charge on any atom is -0.480 e. The summed E-state index contributed by atoms with van der Waals surface area (Å²) < 4.78 is 0. The molecule has 0 aromatic heterocycles. The van der Waals surface area contributed by atoms with Gasteiger partial charge in [-0.3, -0.25) is 14.4 Å². The molecule has 0 aliphatic heterocycles. The van der Waals surface area contributed by atoms with E-state index in [2.05, 4.69) is 5.32 Å². The van der Waals surface area contributed by atoms with Gasteiger partial charge in [0.25, 0.3) is 0 Å². The molecule has 0 aliphatic carbocycles. The number of nitrogens with one attached hydrogen (secondary N) is 1. The van der Waals surface area contributed by atoms with Crippen molar-refractivity contribution in [2.45, 2.75) is 39.7 Å². The van der Waals surface area contributed by atoms with Crippen molar-refractivity contribution in [2.24, 2.45) is 5.41 Å². The maximum Gasteiger partial charge on any atom is 0.325 e. The summed E-state index contributed by atoms with van der Waals surface area (Å²) in [5.74, 6) is -1.48. The summed E-state index contributed by atoms with van der Waals surface area (Å²) in [4.78, 5) is 34.6. The lowest BCUT2D eigenvalue weighted by Crippen LogP contribution is -2.40. The average molecular weight is 291 g/mol. The molecule has 0 radical (unpaired) electrons.